The maximum atomic E-state index is 6.16. The van der Waals surface area contributed by atoms with Gasteiger partial charge in [0.05, 0.1) is 12.1 Å². The van der Waals surface area contributed by atoms with Crippen molar-refractivity contribution in [1.29, 1.82) is 0 Å². The van der Waals surface area contributed by atoms with E-state index in [1.165, 1.54) is 5.56 Å². The lowest BCUT2D eigenvalue weighted by Gasteiger charge is -2.38. The molecule has 0 saturated carbocycles. The van der Waals surface area contributed by atoms with Crippen molar-refractivity contribution in [3.05, 3.63) is 53.6 Å². The predicted molar refractivity (Wildman–Crippen MR) is 115 cm³/mol. The van der Waals surface area contributed by atoms with Gasteiger partial charge in [-0.1, -0.05) is 12.1 Å². The van der Waals surface area contributed by atoms with Crippen molar-refractivity contribution >= 4 is 23.0 Å². The van der Waals surface area contributed by atoms with Gasteiger partial charge in [-0.3, -0.25) is 0 Å². The highest BCUT2D eigenvalue weighted by Crippen LogP contribution is 2.39. The highest BCUT2D eigenvalue weighted by molar-refractivity contribution is 7.80. The Balaban J connectivity index is 1.69. The molecule has 0 saturated heterocycles. The molecule has 2 N–H and O–H groups in total. The summed E-state index contributed by atoms with van der Waals surface area (Å²) < 4.78 is 11.8. The molecule has 0 bridgehead atoms. The summed E-state index contributed by atoms with van der Waals surface area (Å²) in [5.41, 5.74) is 3.02. The lowest BCUT2D eigenvalue weighted by molar-refractivity contribution is 0.0696. The Morgan fingerprint density at radius 3 is 2.56 bits per heavy atom. The third kappa shape index (κ3) is 5.13. The number of hydrogen-bond acceptors (Lipinski definition) is 3. The minimum absolute atomic E-state index is 0.105. The Morgan fingerprint density at radius 2 is 1.89 bits per heavy atom. The number of ether oxygens (including phenoxy) is 2. The number of benzene rings is 2. The number of fused-ring (bicyclic) bond motifs is 1. The van der Waals surface area contributed by atoms with Gasteiger partial charge in [0, 0.05) is 17.7 Å². The van der Waals surface area contributed by atoms with Gasteiger partial charge in [-0.15, -0.1) is 0 Å². The smallest absolute Gasteiger partial charge is 0.171 e. The number of rotatable bonds is 4. The second kappa shape index (κ2) is 7.77. The molecular formula is C22H28N2O2S. The molecule has 5 heteroatoms. The van der Waals surface area contributed by atoms with Gasteiger partial charge in [0.15, 0.2) is 5.11 Å². The molecule has 1 heterocycles. The van der Waals surface area contributed by atoms with E-state index in [0.29, 0.717) is 5.11 Å². The second-order valence-electron chi connectivity index (χ2n) is 7.95. The minimum Gasteiger partial charge on any atom is -0.491 e. The van der Waals surface area contributed by atoms with Crippen LogP contribution < -0.4 is 20.1 Å². The first kappa shape index (κ1) is 19.5. The first-order valence-electron chi connectivity index (χ1n) is 9.36. The van der Waals surface area contributed by atoms with Crippen molar-refractivity contribution in [2.24, 2.45) is 0 Å². The van der Waals surface area contributed by atoms with Crippen LogP contribution in [0.1, 0.15) is 51.3 Å². The molecule has 2 aromatic rings. The molecule has 3 rings (SSSR count). The Bertz CT molecular complexity index is 816. The molecule has 1 atom stereocenters. The van der Waals surface area contributed by atoms with Crippen molar-refractivity contribution in [2.45, 2.75) is 58.8 Å². The normalized spacial score (nSPS) is 17.6. The molecule has 0 aromatic heterocycles. The molecule has 0 amide bonds. The fourth-order valence-electron chi connectivity index (χ4n) is 3.30. The van der Waals surface area contributed by atoms with Crippen LogP contribution >= 0.6 is 12.2 Å². The third-order valence-electron chi connectivity index (χ3n) is 4.42. The van der Waals surface area contributed by atoms with Crippen molar-refractivity contribution < 1.29 is 9.47 Å². The van der Waals surface area contributed by atoms with Crippen molar-refractivity contribution in [3.63, 3.8) is 0 Å². The fraction of sp³-hybridized carbons (Fsp3) is 0.409. The van der Waals surface area contributed by atoms with Gasteiger partial charge in [-0.25, -0.2) is 0 Å². The van der Waals surface area contributed by atoms with Gasteiger partial charge in [0.2, 0.25) is 0 Å². The van der Waals surface area contributed by atoms with Gasteiger partial charge >= 0.3 is 0 Å². The van der Waals surface area contributed by atoms with E-state index in [1.54, 1.807) is 0 Å². The van der Waals surface area contributed by atoms with Crippen LogP contribution in [-0.2, 0) is 0 Å². The molecule has 1 aliphatic rings. The van der Waals surface area contributed by atoms with Crippen LogP contribution in [0.15, 0.2) is 42.5 Å². The summed E-state index contributed by atoms with van der Waals surface area (Å²) in [6.07, 6.45) is 0.999. The average Bonchev–Trinajstić information content (AvgIpc) is 2.54. The van der Waals surface area contributed by atoms with Crippen LogP contribution in [-0.4, -0.2) is 16.8 Å². The summed E-state index contributed by atoms with van der Waals surface area (Å²) in [6.45, 7) is 10.3. The molecule has 4 nitrogen and oxygen atoms in total. The zero-order chi connectivity index (χ0) is 19.6. The van der Waals surface area contributed by atoms with E-state index >= 15 is 0 Å². The average molecular weight is 385 g/mol. The molecule has 144 valence electrons. The summed E-state index contributed by atoms with van der Waals surface area (Å²) in [4.78, 5) is 0. The van der Waals surface area contributed by atoms with E-state index in [1.807, 2.05) is 38.1 Å². The first-order chi connectivity index (χ1) is 12.7. The second-order valence-corrected chi connectivity index (χ2v) is 8.36. The Labute approximate surface area is 167 Å². The van der Waals surface area contributed by atoms with E-state index in [-0.39, 0.29) is 17.7 Å². The van der Waals surface area contributed by atoms with E-state index in [4.69, 9.17) is 21.7 Å². The standard InChI is InChI=1S/C22H28N2O2S/c1-14(2)25-17-9-7-16(8-10-17)23-21(27)24-19-13-22(4,5)26-20-12-15(3)6-11-18(19)20/h6-12,14,19H,13H2,1-5H3,(H2,23,24,27). The predicted octanol–water partition coefficient (Wildman–Crippen LogP) is 5.37. The largest absolute Gasteiger partial charge is 0.491 e. The topological polar surface area (TPSA) is 42.5 Å². The molecule has 0 radical (unpaired) electrons. The van der Waals surface area contributed by atoms with Gasteiger partial charge < -0.3 is 20.1 Å². The van der Waals surface area contributed by atoms with E-state index < -0.39 is 0 Å². The summed E-state index contributed by atoms with van der Waals surface area (Å²) in [7, 11) is 0. The molecule has 0 aliphatic carbocycles. The van der Waals surface area contributed by atoms with Crippen molar-refractivity contribution in [3.8, 4) is 11.5 Å². The molecule has 2 aromatic carbocycles. The number of thiocarbonyl (C=S) groups is 1. The lowest BCUT2D eigenvalue weighted by atomic mass is 9.89. The molecule has 0 spiro atoms. The van der Waals surface area contributed by atoms with Crippen LogP contribution in [0.2, 0.25) is 0 Å². The van der Waals surface area contributed by atoms with Crippen LogP contribution in [0.4, 0.5) is 5.69 Å². The first-order valence-corrected chi connectivity index (χ1v) is 9.76. The van der Waals surface area contributed by atoms with E-state index in [9.17, 15) is 0 Å². The van der Waals surface area contributed by atoms with Crippen LogP contribution in [0, 0.1) is 6.92 Å². The van der Waals surface area contributed by atoms with Gasteiger partial charge in [0.25, 0.3) is 0 Å². The minimum atomic E-state index is -0.246. The van der Waals surface area contributed by atoms with Crippen molar-refractivity contribution in [2.75, 3.05) is 5.32 Å². The van der Waals surface area contributed by atoms with Crippen LogP contribution in [0.25, 0.3) is 0 Å². The molecule has 27 heavy (non-hydrogen) atoms. The number of anilines is 1. The number of nitrogens with one attached hydrogen (secondary N) is 2. The zero-order valence-corrected chi connectivity index (χ0v) is 17.4. The third-order valence-corrected chi connectivity index (χ3v) is 4.64. The molecule has 1 aliphatic heterocycles. The maximum Gasteiger partial charge on any atom is 0.171 e. The highest BCUT2D eigenvalue weighted by Gasteiger charge is 2.34. The number of hydrogen-bond donors (Lipinski definition) is 2. The molecular weight excluding hydrogens is 356 g/mol. The summed E-state index contributed by atoms with van der Waals surface area (Å²) in [5.74, 6) is 1.78. The Hall–Kier alpha value is -2.27. The summed E-state index contributed by atoms with van der Waals surface area (Å²) in [5, 5.41) is 7.32. The SMILES string of the molecule is Cc1ccc2c(c1)OC(C)(C)CC2NC(=S)Nc1ccc(OC(C)C)cc1. The summed E-state index contributed by atoms with van der Waals surface area (Å²) >= 11 is 5.56. The Morgan fingerprint density at radius 1 is 1.19 bits per heavy atom. The van der Waals surface area contributed by atoms with Crippen LogP contribution in [0.3, 0.4) is 0 Å². The van der Waals surface area contributed by atoms with E-state index in [2.05, 4.69) is 49.6 Å². The Kier molecular flexibility index (Phi) is 5.61. The fourth-order valence-corrected chi connectivity index (χ4v) is 3.56. The van der Waals surface area contributed by atoms with Crippen LogP contribution in [0.5, 0.6) is 11.5 Å². The van der Waals surface area contributed by atoms with Gasteiger partial charge in [-0.2, -0.15) is 0 Å². The lowest BCUT2D eigenvalue weighted by Crippen LogP contribution is -2.42. The summed E-state index contributed by atoms with van der Waals surface area (Å²) in [6, 6.07) is 14.3. The molecule has 0 fully saturated rings. The quantitative estimate of drug-likeness (QED) is 0.694. The molecule has 1 unspecified atom stereocenters. The monoisotopic (exact) mass is 384 g/mol. The number of aryl methyl sites for hydroxylation is 1. The van der Waals surface area contributed by atoms with Crippen molar-refractivity contribution in [1.82, 2.24) is 5.32 Å². The zero-order valence-electron chi connectivity index (χ0n) is 16.6. The highest BCUT2D eigenvalue weighted by atomic mass is 32.1. The van der Waals surface area contributed by atoms with E-state index in [0.717, 1.165) is 29.2 Å². The van der Waals surface area contributed by atoms with Gasteiger partial charge in [0.1, 0.15) is 17.1 Å². The van der Waals surface area contributed by atoms with Gasteiger partial charge in [-0.05, 0) is 82.7 Å². The maximum absolute atomic E-state index is 6.16.